The molecule has 2 aromatic heterocycles. The maximum Gasteiger partial charge on any atom is 0.271 e. The number of hydrogen-bond donors (Lipinski definition) is 2. The molecule has 24 heavy (non-hydrogen) atoms. The number of rotatable bonds is 6. The van der Waals surface area contributed by atoms with Crippen molar-refractivity contribution < 1.29 is 13.9 Å². The summed E-state index contributed by atoms with van der Waals surface area (Å²) in [6.07, 6.45) is 1.59. The van der Waals surface area contributed by atoms with Gasteiger partial charge in [-0.1, -0.05) is 13.8 Å². The van der Waals surface area contributed by atoms with Crippen molar-refractivity contribution in [3.63, 3.8) is 0 Å². The zero-order valence-electron chi connectivity index (χ0n) is 14.1. The SMILES string of the molecule is CC(C)C(CNC(=O)c1cc(-c2ccco2)[nH]n1)N1CCOCC1. The summed E-state index contributed by atoms with van der Waals surface area (Å²) in [6.45, 7) is 8.27. The largest absolute Gasteiger partial charge is 0.463 e. The zero-order chi connectivity index (χ0) is 16.9. The molecular formula is C17H24N4O3. The van der Waals surface area contributed by atoms with Gasteiger partial charge in [0.25, 0.3) is 5.91 Å². The van der Waals surface area contributed by atoms with Gasteiger partial charge >= 0.3 is 0 Å². The van der Waals surface area contributed by atoms with Crippen molar-refractivity contribution in [3.05, 3.63) is 30.2 Å². The molecule has 1 atom stereocenters. The van der Waals surface area contributed by atoms with Gasteiger partial charge in [-0.25, -0.2) is 0 Å². The van der Waals surface area contributed by atoms with Crippen molar-refractivity contribution in [1.82, 2.24) is 20.4 Å². The highest BCUT2D eigenvalue weighted by atomic mass is 16.5. The minimum absolute atomic E-state index is 0.178. The fraction of sp³-hybridized carbons (Fsp3) is 0.529. The van der Waals surface area contributed by atoms with Crippen LogP contribution in [0.15, 0.2) is 28.9 Å². The highest BCUT2D eigenvalue weighted by Gasteiger charge is 2.24. The normalized spacial score (nSPS) is 17.1. The van der Waals surface area contributed by atoms with Gasteiger partial charge in [0.2, 0.25) is 0 Å². The van der Waals surface area contributed by atoms with Crippen LogP contribution in [-0.4, -0.2) is 59.9 Å². The number of aromatic amines is 1. The van der Waals surface area contributed by atoms with Gasteiger partial charge < -0.3 is 14.5 Å². The van der Waals surface area contributed by atoms with E-state index in [0.717, 1.165) is 26.3 Å². The van der Waals surface area contributed by atoms with Gasteiger partial charge in [0.15, 0.2) is 11.5 Å². The van der Waals surface area contributed by atoms with Gasteiger partial charge in [0.05, 0.1) is 19.5 Å². The molecule has 0 aliphatic carbocycles. The number of H-pyrrole nitrogens is 1. The first kappa shape index (κ1) is 16.7. The summed E-state index contributed by atoms with van der Waals surface area (Å²) < 4.78 is 10.7. The molecule has 0 spiro atoms. The lowest BCUT2D eigenvalue weighted by Gasteiger charge is -2.36. The van der Waals surface area contributed by atoms with Gasteiger partial charge in [-0.2, -0.15) is 5.10 Å². The maximum absolute atomic E-state index is 12.4. The molecule has 0 bridgehead atoms. The molecule has 1 amide bonds. The molecule has 7 nitrogen and oxygen atoms in total. The first-order chi connectivity index (χ1) is 11.6. The third kappa shape index (κ3) is 3.85. The highest BCUT2D eigenvalue weighted by Crippen LogP contribution is 2.18. The van der Waals surface area contributed by atoms with Crippen molar-refractivity contribution in [2.75, 3.05) is 32.8 Å². The summed E-state index contributed by atoms with van der Waals surface area (Å²) in [4.78, 5) is 14.8. The van der Waals surface area contributed by atoms with E-state index in [1.54, 1.807) is 18.4 Å². The van der Waals surface area contributed by atoms with Crippen LogP contribution in [0.5, 0.6) is 0 Å². The quantitative estimate of drug-likeness (QED) is 0.842. The molecule has 3 heterocycles. The summed E-state index contributed by atoms with van der Waals surface area (Å²) in [5, 5.41) is 9.91. The second-order valence-corrected chi connectivity index (χ2v) is 6.31. The Bertz CT molecular complexity index is 645. The number of ether oxygens (including phenoxy) is 1. The van der Waals surface area contributed by atoms with E-state index < -0.39 is 0 Å². The van der Waals surface area contributed by atoms with Crippen LogP contribution < -0.4 is 5.32 Å². The fourth-order valence-corrected chi connectivity index (χ4v) is 2.98. The Labute approximate surface area is 141 Å². The third-order valence-electron chi connectivity index (χ3n) is 4.35. The number of carbonyl (C=O) groups excluding carboxylic acids is 1. The number of nitrogens with one attached hydrogen (secondary N) is 2. The molecule has 2 aromatic rings. The molecule has 1 aliphatic rings. The average Bonchev–Trinajstić information content (AvgIpc) is 3.27. The van der Waals surface area contributed by atoms with Crippen molar-refractivity contribution in [2.24, 2.45) is 5.92 Å². The minimum atomic E-state index is -0.178. The van der Waals surface area contributed by atoms with Gasteiger partial charge in [-0.15, -0.1) is 0 Å². The number of furan rings is 1. The van der Waals surface area contributed by atoms with Crippen LogP contribution in [0.2, 0.25) is 0 Å². The number of hydrogen-bond acceptors (Lipinski definition) is 5. The first-order valence-corrected chi connectivity index (χ1v) is 8.34. The van der Waals surface area contributed by atoms with E-state index in [4.69, 9.17) is 9.15 Å². The molecule has 1 fully saturated rings. The van der Waals surface area contributed by atoms with Crippen LogP contribution in [0.3, 0.4) is 0 Å². The minimum Gasteiger partial charge on any atom is -0.463 e. The number of nitrogens with zero attached hydrogens (tertiary/aromatic N) is 2. The number of carbonyl (C=O) groups is 1. The molecule has 3 rings (SSSR count). The van der Waals surface area contributed by atoms with Crippen LogP contribution in [0.4, 0.5) is 0 Å². The highest BCUT2D eigenvalue weighted by molar-refractivity contribution is 5.93. The van der Waals surface area contributed by atoms with Crippen LogP contribution >= 0.6 is 0 Å². The lowest BCUT2D eigenvalue weighted by atomic mass is 10.0. The second kappa shape index (κ2) is 7.63. The summed E-state index contributed by atoms with van der Waals surface area (Å²) >= 11 is 0. The maximum atomic E-state index is 12.4. The lowest BCUT2D eigenvalue weighted by Crippen LogP contribution is -2.51. The Morgan fingerprint density at radius 2 is 2.21 bits per heavy atom. The van der Waals surface area contributed by atoms with E-state index in [-0.39, 0.29) is 5.91 Å². The Morgan fingerprint density at radius 1 is 1.42 bits per heavy atom. The summed E-state index contributed by atoms with van der Waals surface area (Å²) in [5.41, 5.74) is 1.06. The van der Waals surface area contributed by atoms with E-state index in [9.17, 15) is 4.79 Å². The van der Waals surface area contributed by atoms with Crippen LogP contribution in [-0.2, 0) is 4.74 Å². The molecular weight excluding hydrogens is 308 g/mol. The Balaban J connectivity index is 1.59. The van der Waals surface area contributed by atoms with Crippen molar-refractivity contribution in [2.45, 2.75) is 19.9 Å². The molecule has 2 N–H and O–H groups in total. The topological polar surface area (TPSA) is 83.4 Å². The van der Waals surface area contributed by atoms with E-state index in [1.807, 2.05) is 6.07 Å². The molecule has 130 valence electrons. The van der Waals surface area contributed by atoms with Crippen LogP contribution in [0, 0.1) is 5.92 Å². The van der Waals surface area contributed by atoms with Gasteiger partial charge in [-0.05, 0) is 18.1 Å². The van der Waals surface area contributed by atoms with E-state index in [0.29, 0.717) is 35.7 Å². The Morgan fingerprint density at radius 3 is 2.88 bits per heavy atom. The van der Waals surface area contributed by atoms with Gasteiger partial charge in [0.1, 0.15) is 5.69 Å². The van der Waals surface area contributed by atoms with Crippen molar-refractivity contribution >= 4 is 5.91 Å². The van der Waals surface area contributed by atoms with Gasteiger partial charge in [0, 0.05) is 31.7 Å². The third-order valence-corrected chi connectivity index (χ3v) is 4.35. The predicted molar refractivity (Wildman–Crippen MR) is 89.6 cm³/mol. The van der Waals surface area contributed by atoms with E-state index in [1.165, 1.54) is 0 Å². The molecule has 1 aliphatic heterocycles. The monoisotopic (exact) mass is 332 g/mol. The molecule has 1 saturated heterocycles. The fourth-order valence-electron chi connectivity index (χ4n) is 2.98. The number of morpholine rings is 1. The van der Waals surface area contributed by atoms with Crippen molar-refractivity contribution in [3.8, 4) is 11.5 Å². The van der Waals surface area contributed by atoms with Crippen LogP contribution in [0.25, 0.3) is 11.5 Å². The molecule has 0 saturated carbocycles. The van der Waals surface area contributed by atoms with Gasteiger partial charge in [-0.3, -0.25) is 14.8 Å². The van der Waals surface area contributed by atoms with E-state index in [2.05, 4.69) is 34.3 Å². The smallest absolute Gasteiger partial charge is 0.271 e. The number of amides is 1. The van der Waals surface area contributed by atoms with E-state index >= 15 is 0 Å². The lowest BCUT2D eigenvalue weighted by molar-refractivity contribution is 0.00671. The molecule has 0 aromatic carbocycles. The van der Waals surface area contributed by atoms with Crippen molar-refractivity contribution in [1.29, 1.82) is 0 Å². The molecule has 7 heteroatoms. The predicted octanol–water partition coefficient (Wildman–Crippen LogP) is 1.76. The summed E-state index contributed by atoms with van der Waals surface area (Å²) in [7, 11) is 0. The average molecular weight is 332 g/mol. The standard InChI is InChI=1S/C17H24N4O3/c1-12(2)15(21-5-8-23-9-6-21)11-18-17(22)14-10-13(19-20-14)16-4-3-7-24-16/h3-4,7,10,12,15H,5-6,8-9,11H2,1-2H3,(H,18,22)(H,19,20). The van der Waals surface area contributed by atoms with Crippen LogP contribution in [0.1, 0.15) is 24.3 Å². The Kier molecular flexibility index (Phi) is 5.32. The summed E-state index contributed by atoms with van der Waals surface area (Å²) in [5.74, 6) is 0.930. The molecule has 1 unspecified atom stereocenters. The molecule has 0 radical (unpaired) electrons. The first-order valence-electron chi connectivity index (χ1n) is 8.34. The summed E-state index contributed by atoms with van der Waals surface area (Å²) in [6, 6.07) is 5.61. The Hall–Kier alpha value is -2.12. The number of aromatic nitrogens is 2. The second-order valence-electron chi connectivity index (χ2n) is 6.31. The zero-order valence-corrected chi connectivity index (χ0v) is 14.1.